The van der Waals surface area contributed by atoms with E-state index in [-0.39, 0.29) is 18.7 Å². The molecular formula is C42H38N6O2. The number of imidazole rings is 2. The van der Waals surface area contributed by atoms with E-state index in [0.29, 0.717) is 12.6 Å². The van der Waals surface area contributed by atoms with Crippen LogP contribution < -0.4 is 5.32 Å². The van der Waals surface area contributed by atoms with Crippen molar-refractivity contribution in [2.24, 2.45) is 0 Å². The lowest BCUT2D eigenvalue weighted by atomic mass is 9.97. The molecule has 3 N–H and O–H groups in total. The van der Waals surface area contributed by atoms with Crippen LogP contribution in [0.5, 0.6) is 0 Å². The molecule has 8 heteroatoms. The van der Waals surface area contributed by atoms with Crippen LogP contribution in [0.1, 0.15) is 55.0 Å². The van der Waals surface area contributed by atoms with Gasteiger partial charge < -0.3 is 20.0 Å². The van der Waals surface area contributed by atoms with Gasteiger partial charge in [-0.05, 0) is 101 Å². The van der Waals surface area contributed by atoms with Gasteiger partial charge in [-0.3, -0.25) is 4.90 Å². The van der Waals surface area contributed by atoms with E-state index in [1.54, 1.807) is 4.90 Å². The van der Waals surface area contributed by atoms with E-state index in [9.17, 15) is 4.79 Å². The largest absolute Gasteiger partial charge is 0.445 e. The SMILES string of the molecule is O=C(OCc1ccccc1)N1CCC[C@H]1c1ncc(-c2ccc(-c3ccc4ccc(-c5ccc6nc([C@@H]7CCCN7)[nH]c6c5)cc4c3)cc2)[nH]1. The number of nitrogens with one attached hydrogen (secondary N) is 3. The molecule has 0 spiro atoms. The fourth-order valence-electron chi connectivity index (χ4n) is 7.46. The third-order valence-electron chi connectivity index (χ3n) is 10.2. The predicted molar refractivity (Wildman–Crippen MR) is 197 cm³/mol. The minimum atomic E-state index is -0.300. The molecule has 8 nitrogen and oxygen atoms in total. The molecule has 2 fully saturated rings. The van der Waals surface area contributed by atoms with Crippen LogP contribution in [0.2, 0.25) is 0 Å². The van der Waals surface area contributed by atoms with E-state index in [1.807, 2.05) is 36.5 Å². The van der Waals surface area contributed by atoms with Crippen molar-refractivity contribution in [1.29, 1.82) is 0 Å². The van der Waals surface area contributed by atoms with Gasteiger partial charge in [0.1, 0.15) is 18.3 Å². The third kappa shape index (κ3) is 5.92. The van der Waals surface area contributed by atoms with E-state index in [4.69, 9.17) is 14.7 Å². The van der Waals surface area contributed by atoms with E-state index < -0.39 is 0 Å². The molecule has 7 aromatic rings. The molecule has 9 rings (SSSR count). The number of ether oxygens (including phenoxy) is 1. The molecule has 0 bridgehead atoms. The maximum Gasteiger partial charge on any atom is 0.410 e. The minimum absolute atomic E-state index is 0.123. The van der Waals surface area contributed by atoms with Crippen LogP contribution in [0, 0.1) is 0 Å². The number of fused-ring (bicyclic) bond motifs is 2. The Kier molecular flexibility index (Phi) is 7.86. The average molecular weight is 659 g/mol. The number of benzene rings is 5. The van der Waals surface area contributed by atoms with Crippen molar-refractivity contribution in [2.45, 2.75) is 44.4 Å². The Balaban J connectivity index is 0.908. The van der Waals surface area contributed by atoms with E-state index in [0.717, 1.165) is 70.9 Å². The summed E-state index contributed by atoms with van der Waals surface area (Å²) in [6.07, 6.45) is 5.65. The molecular weight excluding hydrogens is 621 g/mol. The highest BCUT2D eigenvalue weighted by molar-refractivity contribution is 5.92. The standard InChI is InChI=1S/C42H38N6O2/c49-42(50-26-27-6-2-1-3-7-27)48-21-5-9-39(48)41-44-25-38(47-41)30-14-10-28(11-15-30)31-16-12-29-13-17-32(23-34(29)22-31)33-18-19-35-37(24-33)46-40(45-35)36-8-4-20-43-36/h1-3,6-7,10-19,22-25,36,39,43H,4-5,8-9,20-21,26H2,(H,44,47)(H,45,46)/t36-,39-/m0/s1. The fourth-order valence-corrected chi connectivity index (χ4v) is 7.46. The van der Waals surface area contributed by atoms with Gasteiger partial charge in [0.2, 0.25) is 0 Å². The summed E-state index contributed by atoms with van der Waals surface area (Å²) in [6, 6.07) is 38.4. The summed E-state index contributed by atoms with van der Waals surface area (Å²) in [5.41, 5.74) is 9.71. The highest BCUT2D eigenvalue weighted by Crippen LogP contribution is 2.34. The molecule has 50 heavy (non-hydrogen) atoms. The zero-order valence-corrected chi connectivity index (χ0v) is 27.7. The van der Waals surface area contributed by atoms with Gasteiger partial charge in [-0.15, -0.1) is 0 Å². The molecule has 248 valence electrons. The molecule has 0 unspecified atom stereocenters. The zero-order valence-electron chi connectivity index (χ0n) is 27.7. The number of likely N-dealkylation sites (tertiary alicyclic amines) is 1. The van der Waals surface area contributed by atoms with Gasteiger partial charge in [-0.25, -0.2) is 14.8 Å². The van der Waals surface area contributed by atoms with Gasteiger partial charge in [0.05, 0.1) is 35.0 Å². The quantitative estimate of drug-likeness (QED) is 0.159. The highest BCUT2D eigenvalue weighted by Gasteiger charge is 2.33. The van der Waals surface area contributed by atoms with Crippen molar-refractivity contribution in [3.63, 3.8) is 0 Å². The molecule has 2 aliphatic heterocycles. The summed E-state index contributed by atoms with van der Waals surface area (Å²) in [4.78, 5) is 31.4. The van der Waals surface area contributed by atoms with Crippen LogP contribution in [-0.2, 0) is 11.3 Å². The van der Waals surface area contributed by atoms with Crippen molar-refractivity contribution in [1.82, 2.24) is 30.2 Å². The molecule has 5 aromatic carbocycles. The van der Waals surface area contributed by atoms with Crippen LogP contribution in [0.3, 0.4) is 0 Å². The summed E-state index contributed by atoms with van der Waals surface area (Å²) in [5.74, 6) is 1.83. The van der Waals surface area contributed by atoms with Gasteiger partial charge in [0, 0.05) is 6.54 Å². The van der Waals surface area contributed by atoms with Crippen LogP contribution in [0.4, 0.5) is 4.79 Å². The van der Waals surface area contributed by atoms with Crippen molar-refractivity contribution < 1.29 is 9.53 Å². The summed E-state index contributed by atoms with van der Waals surface area (Å²) in [7, 11) is 0. The highest BCUT2D eigenvalue weighted by atomic mass is 16.6. The minimum Gasteiger partial charge on any atom is -0.445 e. The second-order valence-electron chi connectivity index (χ2n) is 13.4. The van der Waals surface area contributed by atoms with Crippen LogP contribution >= 0.6 is 0 Å². The molecule has 0 aliphatic carbocycles. The number of hydrogen-bond donors (Lipinski definition) is 3. The molecule has 2 aliphatic rings. The molecule has 2 saturated heterocycles. The molecule has 2 atom stereocenters. The molecule has 0 radical (unpaired) electrons. The van der Waals surface area contributed by atoms with Crippen LogP contribution in [-0.4, -0.2) is 44.0 Å². The summed E-state index contributed by atoms with van der Waals surface area (Å²) in [6.45, 7) is 1.98. The van der Waals surface area contributed by atoms with Crippen molar-refractivity contribution in [3.8, 4) is 33.5 Å². The lowest BCUT2D eigenvalue weighted by Crippen LogP contribution is -2.31. The number of nitrogens with zero attached hydrogens (tertiary/aromatic N) is 3. The maximum atomic E-state index is 13.0. The second kappa shape index (κ2) is 12.9. The Morgan fingerprint density at radius 2 is 1.48 bits per heavy atom. The second-order valence-corrected chi connectivity index (χ2v) is 13.4. The first-order valence-corrected chi connectivity index (χ1v) is 17.5. The number of carbonyl (C=O) groups is 1. The fraction of sp³-hybridized carbons (Fsp3) is 0.214. The number of aromatic amines is 2. The van der Waals surface area contributed by atoms with Crippen molar-refractivity contribution in [2.75, 3.05) is 13.1 Å². The number of hydrogen-bond acceptors (Lipinski definition) is 5. The summed E-state index contributed by atoms with van der Waals surface area (Å²) >= 11 is 0. The number of amides is 1. The Labute approximate surface area is 290 Å². The van der Waals surface area contributed by atoms with Crippen molar-refractivity contribution >= 4 is 27.9 Å². The average Bonchev–Trinajstić information content (AvgIpc) is 4.00. The Hall–Kier alpha value is -5.73. The van der Waals surface area contributed by atoms with Gasteiger partial charge in [-0.1, -0.05) is 84.9 Å². The van der Waals surface area contributed by atoms with Gasteiger partial charge in [0.15, 0.2) is 0 Å². The topological polar surface area (TPSA) is 98.9 Å². The van der Waals surface area contributed by atoms with Gasteiger partial charge in [-0.2, -0.15) is 0 Å². The Morgan fingerprint density at radius 3 is 2.28 bits per heavy atom. The summed E-state index contributed by atoms with van der Waals surface area (Å²) < 4.78 is 5.64. The van der Waals surface area contributed by atoms with Crippen LogP contribution in [0.15, 0.2) is 115 Å². The number of aromatic nitrogens is 4. The Bertz CT molecular complexity index is 2300. The number of H-pyrrole nitrogens is 2. The zero-order chi connectivity index (χ0) is 33.4. The molecule has 4 heterocycles. The molecule has 1 amide bonds. The first-order chi connectivity index (χ1) is 24.6. The third-order valence-corrected chi connectivity index (χ3v) is 10.2. The lowest BCUT2D eigenvalue weighted by Gasteiger charge is -2.22. The first-order valence-electron chi connectivity index (χ1n) is 17.5. The van der Waals surface area contributed by atoms with E-state index in [1.165, 1.54) is 33.9 Å². The van der Waals surface area contributed by atoms with E-state index in [2.05, 4.69) is 94.1 Å². The molecule has 0 saturated carbocycles. The van der Waals surface area contributed by atoms with Gasteiger partial charge >= 0.3 is 6.09 Å². The number of rotatable bonds is 7. The predicted octanol–water partition coefficient (Wildman–Crippen LogP) is 9.34. The monoisotopic (exact) mass is 658 g/mol. The summed E-state index contributed by atoms with van der Waals surface area (Å²) in [5, 5.41) is 5.95. The van der Waals surface area contributed by atoms with Crippen LogP contribution in [0.25, 0.3) is 55.3 Å². The molecule has 2 aromatic heterocycles. The van der Waals surface area contributed by atoms with Gasteiger partial charge in [0.25, 0.3) is 0 Å². The Morgan fingerprint density at radius 1 is 0.740 bits per heavy atom. The van der Waals surface area contributed by atoms with Crippen molar-refractivity contribution in [3.05, 3.63) is 133 Å². The maximum absolute atomic E-state index is 13.0. The first kappa shape index (κ1) is 30.3. The normalized spacial score (nSPS) is 17.6. The lowest BCUT2D eigenvalue weighted by molar-refractivity contribution is 0.0910. The number of carbonyl (C=O) groups excluding carboxylic acids is 1. The smallest absolute Gasteiger partial charge is 0.410 e. The van der Waals surface area contributed by atoms with E-state index >= 15 is 0 Å².